The quantitative estimate of drug-likeness (QED) is 0.124. The highest BCUT2D eigenvalue weighted by molar-refractivity contribution is 5.12. The van der Waals surface area contributed by atoms with Crippen molar-refractivity contribution in [2.24, 2.45) is 0 Å². The number of rotatable bonds is 14. The summed E-state index contributed by atoms with van der Waals surface area (Å²) in [5, 5.41) is 0. The van der Waals surface area contributed by atoms with Gasteiger partial charge in [-0.2, -0.15) is 114 Å². The fraction of sp³-hybridized carbons (Fsp3) is 0.889. The molecule has 0 aromatic heterocycles. The van der Waals surface area contributed by atoms with Crippen molar-refractivity contribution in [1.29, 1.82) is 0 Å². The Morgan fingerprint density at radius 2 is 0.432 bits per heavy atom. The van der Waals surface area contributed by atoms with E-state index < -0.39 is 97.3 Å². The van der Waals surface area contributed by atoms with Gasteiger partial charge in [-0.25, -0.2) is 0 Å². The molecule has 0 radical (unpaired) electrons. The predicted molar refractivity (Wildman–Crippen MR) is 89.2 cm³/mol. The molecule has 0 bridgehead atoms. The van der Waals surface area contributed by atoms with Gasteiger partial charge in [-0.3, -0.25) is 0 Å². The van der Waals surface area contributed by atoms with Crippen LogP contribution in [0.3, 0.4) is 0 Å². The summed E-state index contributed by atoms with van der Waals surface area (Å²) in [4.78, 5) is 0. The molecule has 0 fully saturated rings. The Balaban J connectivity index is 5.82. The van der Waals surface area contributed by atoms with Crippen LogP contribution < -0.4 is 0 Å². The molecule has 0 heterocycles. The summed E-state index contributed by atoms with van der Waals surface area (Å²) in [6.45, 7) is 0. The zero-order valence-corrected chi connectivity index (χ0v) is 19.8. The number of alkyl halides is 26. The third kappa shape index (κ3) is 6.18. The third-order valence-corrected chi connectivity index (χ3v) is 5.41. The third-order valence-electron chi connectivity index (χ3n) is 5.41. The van der Waals surface area contributed by atoms with Crippen molar-refractivity contribution < 1.29 is 114 Å². The van der Waals surface area contributed by atoms with E-state index in [-0.39, 0.29) is 12.2 Å². The second-order valence-electron chi connectivity index (χ2n) is 8.55. The fourth-order valence-electron chi connectivity index (χ4n) is 2.68. The summed E-state index contributed by atoms with van der Waals surface area (Å²) in [6, 6.07) is 0. The van der Waals surface area contributed by atoms with Gasteiger partial charge in [-0.1, -0.05) is 12.2 Å². The van der Waals surface area contributed by atoms with Crippen LogP contribution in [0.2, 0.25) is 0 Å². The molecule has 0 saturated heterocycles. The van der Waals surface area contributed by atoms with Crippen LogP contribution in [0.1, 0.15) is 25.7 Å². The number of hydrogen-bond acceptors (Lipinski definition) is 0. The van der Waals surface area contributed by atoms with Crippen LogP contribution in [0.4, 0.5) is 114 Å². The first-order valence-electron chi connectivity index (χ1n) is 10.3. The van der Waals surface area contributed by atoms with Gasteiger partial charge in [-0.15, -0.1) is 0 Å². The molecule has 0 spiro atoms. The van der Waals surface area contributed by atoms with Gasteiger partial charge in [0.1, 0.15) is 0 Å². The van der Waals surface area contributed by atoms with Crippen LogP contribution in [0.25, 0.3) is 0 Å². The molecule has 0 aromatic carbocycles. The van der Waals surface area contributed by atoms with E-state index in [9.17, 15) is 114 Å². The molecule has 0 atom stereocenters. The van der Waals surface area contributed by atoms with Crippen LogP contribution in [-0.4, -0.2) is 71.6 Å². The minimum atomic E-state index is -8.25. The largest absolute Gasteiger partial charge is 0.460 e. The smallest absolute Gasteiger partial charge is 0.200 e. The first-order valence-corrected chi connectivity index (χ1v) is 10.3. The van der Waals surface area contributed by atoms with E-state index in [2.05, 4.69) is 0 Å². The Kier molecular flexibility index (Phi) is 10.8. The summed E-state index contributed by atoms with van der Waals surface area (Å²) in [6.07, 6.45) is -25.8. The van der Waals surface area contributed by atoms with E-state index in [1.165, 1.54) is 0 Å². The summed E-state index contributed by atoms with van der Waals surface area (Å²) in [5.74, 6) is -77.8. The maximum Gasteiger partial charge on any atom is 0.460 e. The van der Waals surface area contributed by atoms with Crippen molar-refractivity contribution in [2.75, 3.05) is 0 Å². The molecule has 264 valence electrons. The van der Waals surface area contributed by atoms with E-state index in [4.69, 9.17) is 0 Å². The monoisotopic (exact) mass is 720 g/mol. The lowest BCUT2D eigenvalue weighted by Gasteiger charge is -2.39. The summed E-state index contributed by atoms with van der Waals surface area (Å²) in [5.41, 5.74) is 0. The second kappa shape index (κ2) is 11.3. The van der Waals surface area contributed by atoms with Crippen molar-refractivity contribution in [1.82, 2.24) is 0 Å². The first kappa shape index (κ1) is 41.9. The van der Waals surface area contributed by atoms with Crippen molar-refractivity contribution >= 4 is 0 Å². The highest BCUT2D eigenvalue weighted by Crippen LogP contribution is 2.62. The van der Waals surface area contributed by atoms with E-state index in [1.54, 1.807) is 0 Å². The molecule has 0 aromatic rings. The van der Waals surface area contributed by atoms with Gasteiger partial charge in [0.15, 0.2) is 0 Å². The lowest BCUT2D eigenvalue weighted by molar-refractivity contribution is -0.440. The van der Waals surface area contributed by atoms with Crippen LogP contribution in [0.15, 0.2) is 12.2 Å². The van der Waals surface area contributed by atoms with E-state index in [1.807, 2.05) is 0 Å². The molecule has 0 saturated carbocycles. The lowest BCUT2D eigenvalue weighted by Crippen LogP contribution is -2.70. The molecule has 0 aliphatic carbocycles. The first-order chi connectivity index (χ1) is 18.7. The average Bonchev–Trinajstić information content (AvgIpc) is 2.78. The van der Waals surface area contributed by atoms with Gasteiger partial charge in [0.05, 0.1) is 0 Å². The van der Waals surface area contributed by atoms with Crippen LogP contribution in [-0.2, 0) is 0 Å². The van der Waals surface area contributed by atoms with Crippen LogP contribution >= 0.6 is 0 Å². The normalized spacial score (nSPS) is 16.7. The minimum Gasteiger partial charge on any atom is -0.200 e. The molecule has 0 aliphatic rings. The highest BCUT2D eigenvalue weighted by atomic mass is 19.4. The molecule has 0 N–H and O–H groups in total. The predicted octanol–water partition coefficient (Wildman–Crippen LogP) is 10.6. The molecule has 0 rings (SSSR count). The molecule has 44 heavy (non-hydrogen) atoms. The fourth-order valence-corrected chi connectivity index (χ4v) is 2.68. The molecule has 0 aliphatic heterocycles. The Labute approximate surface area is 225 Å². The molecular weight excluding hydrogens is 710 g/mol. The van der Waals surface area contributed by atoms with Gasteiger partial charge in [0.2, 0.25) is 0 Å². The molecule has 0 nitrogen and oxygen atoms in total. The SMILES string of the molecule is FC(F)(F)C(F)(F)C(F)(F)C(F)(F)C(F)(F)C(F)(F)CCC=CCCC(F)(F)C(F)(F)C(F)(F)C(F)(F)C(F)(F)C(F)(F)F. The molecule has 0 unspecified atom stereocenters. The van der Waals surface area contributed by atoms with E-state index >= 15 is 0 Å². The summed E-state index contributed by atoms with van der Waals surface area (Å²) >= 11 is 0. The van der Waals surface area contributed by atoms with E-state index in [0.717, 1.165) is 0 Å². The average molecular weight is 720 g/mol. The minimum absolute atomic E-state index is 0.261. The van der Waals surface area contributed by atoms with Crippen LogP contribution in [0.5, 0.6) is 0 Å². The maximum absolute atomic E-state index is 13.6. The molecular formula is C18H10F26. The van der Waals surface area contributed by atoms with E-state index in [0.29, 0.717) is 0 Å². The number of hydrogen-bond donors (Lipinski definition) is 0. The molecule has 0 amide bonds. The van der Waals surface area contributed by atoms with Gasteiger partial charge >= 0.3 is 71.6 Å². The Morgan fingerprint density at radius 1 is 0.250 bits per heavy atom. The summed E-state index contributed by atoms with van der Waals surface area (Å²) < 4.78 is 337. The van der Waals surface area contributed by atoms with Gasteiger partial charge in [0, 0.05) is 12.8 Å². The standard InChI is InChI=1S/C18H10F26/c19-7(20,9(23,24)11(27,28)13(31,32)15(35,36)17(39,40)41)5-3-1-2-4-6-8(21,22)10(25,26)12(29,30)14(33,34)16(37,38)18(42,43)44/h1-2H,3-6H2. The topological polar surface area (TPSA) is 0 Å². The zero-order chi connectivity index (χ0) is 36.2. The van der Waals surface area contributed by atoms with Gasteiger partial charge in [-0.05, 0) is 12.8 Å². The van der Waals surface area contributed by atoms with Crippen LogP contribution in [0, 0.1) is 0 Å². The van der Waals surface area contributed by atoms with Crippen molar-refractivity contribution in [2.45, 2.75) is 97.3 Å². The molecule has 26 heteroatoms. The van der Waals surface area contributed by atoms with Crippen molar-refractivity contribution in [3.63, 3.8) is 0 Å². The Hall–Kier alpha value is -2.08. The zero-order valence-electron chi connectivity index (χ0n) is 19.8. The van der Waals surface area contributed by atoms with Gasteiger partial charge in [0.25, 0.3) is 0 Å². The Morgan fingerprint density at radius 3 is 0.614 bits per heavy atom. The maximum atomic E-state index is 13.6. The van der Waals surface area contributed by atoms with Gasteiger partial charge < -0.3 is 0 Å². The van der Waals surface area contributed by atoms with Crippen molar-refractivity contribution in [3.8, 4) is 0 Å². The number of halogens is 26. The van der Waals surface area contributed by atoms with Crippen molar-refractivity contribution in [3.05, 3.63) is 12.2 Å². The second-order valence-corrected chi connectivity index (χ2v) is 8.55. The summed E-state index contributed by atoms with van der Waals surface area (Å²) in [7, 11) is 0. The highest BCUT2D eigenvalue weighted by Gasteiger charge is 2.91. The Bertz CT molecular complexity index is 927. The number of allylic oxidation sites excluding steroid dienone is 2. The lowest BCUT2D eigenvalue weighted by atomic mass is 9.91.